The Morgan fingerprint density at radius 2 is 1.83 bits per heavy atom. The Labute approximate surface area is 207 Å². The van der Waals surface area contributed by atoms with E-state index in [1.807, 2.05) is 0 Å². The van der Waals surface area contributed by atoms with Gasteiger partial charge in [0.25, 0.3) is 0 Å². The van der Waals surface area contributed by atoms with Gasteiger partial charge in [0.15, 0.2) is 0 Å². The number of carbonyl (C=O) groups is 1. The number of para-hydroxylation sites is 1. The molecule has 0 aromatic heterocycles. The molecule has 0 amide bonds. The second kappa shape index (κ2) is 11.1. The third-order valence-corrected chi connectivity index (χ3v) is 5.48. The molecule has 0 heterocycles. The minimum atomic E-state index is -1.10. The summed E-state index contributed by atoms with van der Waals surface area (Å²) >= 11 is 0. The maximum atomic E-state index is 14.0. The number of halogens is 2. The van der Waals surface area contributed by atoms with E-state index >= 15 is 0 Å². The van der Waals surface area contributed by atoms with Crippen molar-refractivity contribution in [3.63, 3.8) is 0 Å². The Balaban J connectivity index is 1.91. The van der Waals surface area contributed by atoms with Gasteiger partial charge in [-0.1, -0.05) is 6.07 Å². The molecular weight excluding hydrogens is 469 g/mol. The zero-order valence-corrected chi connectivity index (χ0v) is 19.6. The second-order valence-electron chi connectivity index (χ2n) is 8.31. The third kappa shape index (κ3) is 5.74. The zero-order chi connectivity index (χ0) is 26.5. The molecule has 3 rings (SSSR count). The molecule has 0 bridgehead atoms. The van der Waals surface area contributed by atoms with Crippen molar-refractivity contribution >= 4 is 35.9 Å². The van der Waals surface area contributed by atoms with Gasteiger partial charge in [-0.15, -0.1) is 0 Å². The van der Waals surface area contributed by atoms with Crippen LogP contribution >= 0.6 is 0 Å². The average Bonchev–Trinajstić information content (AvgIpc) is 2.85. The summed E-state index contributed by atoms with van der Waals surface area (Å²) in [6.07, 6.45) is 0. The van der Waals surface area contributed by atoms with Gasteiger partial charge in [-0.05, 0) is 12.1 Å². The van der Waals surface area contributed by atoms with Crippen molar-refractivity contribution in [1.29, 1.82) is 0 Å². The summed E-state index contributed by atoms with van der Waals surface area (Å²) in [5.41, 5.74) is 5.79. The van der Waals surface area contributed by atoms with Gasteiger partial charge in [-0.2, -0.15) is 0 Å². The van der Waals surface area contributed by atoms with E-state index in [-0.39, 0.29) is 46.1 Å². The van der Waals surface area contributed by atoms with E-state index < -0.39 is 29.6 Å². The van der Waals surface area contributed by atoms with Crippen LogP contribution in [0.15, 0.2) is 59.8 Å². The van der Waals surface area contributed by atoms with Crippen LogP contribution in [0.3, 0.4) is 0 Å². The topological polar surface area (TPSA) is 126 Å². The number of rotatable bonds is 11. The van der Waals surface area contributed by atoms with Crippen molar-refractivity contribution in [3.05, 3.63) is 87.8 Å². The summed E-state index contributed by atoms with van der Waals surface area (Å²) in [5, 5.41) is 17.9. The maximum absolute atomic E-state index is 14.0. The number of nitrogens with one attached hydrogen (secondary N) is 2. The average molecular weight is 493 g/mol. The molecule has 36 heavy (non-hydrogen) atoms. The molecule has 185 valence electrons. The van der Waals surface area contributed by atoms with Crippen LogP contribution in [-0.4, -0.2) is 49.8 Å². The number of ether oxygens (including phenoxy) is 1. The normalized spacial score (nSPS) is 12.3. The van der Waals surface area contributed by atoms with E-state index in [1.165, 1.54) is 37.4 Å². The van der Waals surface area contributed by atoms with Crippen molar-refractivity contribution < 1.29 is 23.4 Å². The molecule has 0 fully saturated rings. The van der Waals surface area contributed by atoms with Gasteiger partial charge in [0.05, 0.1) is 0 Å². The molecule has 1 atom stereocenters. The molecule has 3 aromatic rings. The van der Waals surface area contributed by atoms with Gasteiger partial charge in [0.2, 0.25) is 0 Å². The van der Waals surface area contributed by atoms with Crippen molar-refractivity contribution in [1.82, 2.24) is 5.32 Å². The molecule has 0 saturated heterocycles. The standard InChI is InChI=1S/C25H24BF2N4O4/c1-25(13-33,12-30-35)32-24(26)14-6-9-21(36-2)17(10-14)23(34)16-8-7-15(11-20(16)29)31-22-18(27)4-3-5-19(22)28/h3-11,31-33H,12-13,29H2,1-2H3. The van der Waals surface area contributed by atoms with Crippen LogP contribution in [0.25, 0.3) is 0 Å². The molecule has 1 radical (unpaired) electrons. The van der Waals surface area contributed by atoms with Gasteiger partial charge in [-0.25, -0.2) is 8.78 Å². The fourth-order valence-corrected chi connectivity index (χ4v) is 3.48. The summed E-state index contributed by atoms with van der Waals surface area (Å²) < 4.78 is 33.3. The number of hydrogen-bond donors (Lipinski definition) is 4. The molecule has 0 spiro atoms. The van der Waals surface area contributed by atoms with Crippen LogP contribution in [0.5, 0.6) is 5.75 Å². The van der Waals surface area contributed by atoms with Crippen LogP contribution in [0.4, 0.5) is 25.8 Å². The molecule has 0 aliphatic carbocycles. The number of methoxy groups -OCH3 is 1. The van der Waals surface area contributed by atoms with Crippen molar-refractivity contribution in [3.8, 4) is 5.75 Å². The van der Waals surface area contributed by atoms with E-state index in [2.05, 4.69) is 15.8 Å². The van der Waals surface area contributed by atoms with Crippen molar-refractivity contribution in [2.24, 2.45) is 5.18 Å². The zero-order valence-electron chi connectivity index (χ0n) is 19.6. The summed E-state index contributed by atoms with van der Waals surface area (Å²) in [6.45, 7) is 0.926. The first-order chi connectivity index (χ1) is 17.1. The molecule has 11 heteroatoms. The number of aliphatic hydroxyl groups excluding tert-OH is 1. The molecule has 5 N–H and O–H groups in total. The number of nitrogen functional groups attached to an aromatic ring is 1. The van der Waals surface area contributed by atoms with E-state index in [9.17, 15) is 23.6 Å². The number of ketones is 1. The Bertz CT molecular complexity index is 1300. The summed E-state index contributed by atoms with van der Waals surface area (Å²) in [7, 11) is 7.54. The molecule has 1 unspecified atom stereocenters. The Kier molecular flexibility index (Phi) is 8.16. The number of nitroso groups, excluding NO2 is 1. The van der Waals surface area contributed by atoms with Crippen LogP contribution in [0.1, 0.15) is 28.4 Å². The Hall–Kier alpha value is -4.12. The monoisotopic (exact) mass is 493 g/mol. The molecule has 3 aromatic carbocycles. The second-order valence-corrected chi connectivity index (χ2v) is 8.31. The first kappa shape index (κ1) is 26.5. The number of benzene rings is 3. The van der Waals surface area contributed by atoms with Gasteiger partial charge in [-0.3, -0.25) is 0 Å². The Morgan fingerprint density at radius 1 is 1.14 bits per heavy atom. The molecule has 8 nitrogen and oxygen atoms in total. The predicted molar refractivity (Wildman–Crippen MR) is 136 cm³/mol. The Morgan fingerprint density at radius 3 is 2.42 bits per heavy atom. The number of nitrogens with zero attached hydrogens (tertiary/aromatic N) is 1. The van der Waals surface area contributed by atoms with Crippen LogP contribution in [-0.2, 0) is 0 Å². The van der Waals surface area contributed by atoms with Crippen molar-refractivity contribution in [2.75, 3.05) is 31.3 Å². The van der Waals surface area contributed by atoms with E-state index in [1.54, 1.807) is 19.1 Å². The van der Waals surface area contributed by atoms with E-state index in [0.29, 0.717) is 5.56 Å². The van der Waals surface area contributed by atoms with Crippen LogP contribution in [0.2, 0.25) is 0 Å². The number of anilines is 3. The number of aliphatic hydroxyl groups is 1. The van der Waals surface area contributed by atoms with Crippen LogP contribution in [0, 0.1) is 16.5 Å². The number of nitrogens with two attached hydrogens (primary N) is 1. The van der Waals surface area contributed by atoms with Gasteiger partial charge >= 0.3 is 180 Å². The SMILES string of the molecule is [B]=C(NC(C)(CO)CN=O)c1ccc(OC)c(C(=O)c2ccc(Nc3c(F)cccc3F)cc2N)c1. The summed E-state index contributed by atoms with van der Waals surface area (Å²) in [6, 6.07) is 12.4. The fraction of sp³-hybridized carbons (Fsp3) is 0.200. The van der Waals surface area contributed by atoms with Gasteiger partial charge in [0.1, 0.15) is 0 Å². The van der Waals surface area contributed by atoms with E-state index in [0.717, 1.165) is 12.1 Å². The number of carbonyl (C=O) groups excluding carboxylic acids is 1. The van der Waals surface area contributed by atoms with Gasteiger partial charge < -0.3 is 0 Å². The summed E-state index contributed by atoms with van der Waals surface area (Å²) in [5.74, 6) is -1.79. The third-order valence-electron chi connectivity index (χ3n) is 5.48. The summed E-state index contributed by atoms with van der Waals surface area (Å²) in [4.78, 5) is 24.1. The predicted octanol–water partition coefficient (Wildman–Crippen LogP) is 3.28. The van der Waals surface area contributed by atoms with Gasteiger partial charge in [0, 0.05) is 0 Å². The fourth-order valence-electron chi connectivity index (χ4n) is 3.48. The first-order valence-electron chi connectivity index (χ1n) is 10.8. The quantitative estimate of drug-likeness (QED) is 0.140. The minimum absolute atomic E-state index is 0.0641. The van der Waals surface area contributed by atoms with E-state index in [4.69, 9.17) is 18.0 Å². The molecule has 0 saturated carbocycles. The molecular formula is C25H24BF2N4O4. The molecule has 0 aliphatic heterocycles. The number of hydrogen-bond acceptors (Lipinski definition) is 8. The molecule has 0 aliphatic rings. The van der Waals surface area contributed by atoms with Crippen molar-refractivity contribution in [2.45, 2.75) is 12.5 Å². The first-order valence-corrected chi connectivity index (χ1v) is 10.8. The van der Waals surface area contributed by atoms with Crippen LogP contribution < -0.4 is 21.1 Å².